The van der Waals surface area contributed by atoms with Gasteiger partial charge < -0.3 is 5.11 Å². The van der Waals surface area contributed by atoms with E-state index >= 15 is 0 Å². The van der Waals surface area contributed by atoms with Crippen molar-refractivity contribution in [1.29, 1.82) is 0 Å². The molecule has 0 aliphatic heterocycles. The maximum Gasteiger partial charge on any atom is 0.152 e. The first-order chi connectivity index (χ1) is 7.23. The summed E-state index contributed by atoms with van der Waals surface area (Å²) in [5.41, 5.74) is 0.365. The van der Waals surface area contributed by atoms with Crippen LogP contribution in [0.1, 0.15) is 18.6 Å². The summed E-state index contributed by atoms with van der Waals surface area (Å²) >= 11 is 11.6. The Balaban J connectivity index is 3.10. The number of benzene rings is 1. The minimum atomic E-state index is -3.32. The number of aliphatic hydroxyl groups is 1. The maximum absolute atomic E-state index is 11.3. The van der Waals surface area contributed by atoms with Gasteiger partial charge in [-0.2, -0.15) is 0 Å². The number of rotatable bonds is 3. The van der Waals surface area contributed by atoms with Crippen LogP contribution >= 0.6 is 23.2 Å². The van der Waals surface area contributed by atoms with Crippen molar-refractivity contribution in [3.8, 4) is 0 Å². The molecule has 6 heteroatoms. The standard InChI is InChI=1S/C10H12Cl2O3S/c1-6(16(2,14)15)10(13)8-4-3-7(11)5-9(8)12/h3-6,10,13H,1-2H3/t6-,10+/m0/s1. The highest BCUT2D eigenvalue weighted by molar-refractivity contribution is 7.91. The minimum absolute atomic E-state index is 0.260. The minimum Gasteiger partial charge on any atom is -0.387 e. The predicted octanol–water partition coefficient (Wildman–Crippen LogP) is 2.46. The van der Waals surface area contributed by atoms with Crippen molar-refractivity contribution in [2.75, 3.05) is 6.26 Å². The largest absolute Gasteiger partial charge is 0.387 e. The van der Waals surface area contributed by atoms with E-state index in [1.54, 1.807) is 6.07 Å². The molecule has 0 spiro atoms. The second-order valence-corrected chi connectivity index (χ2v) is 6.89. The van der Waals surface area contributed by atoms with Gasteiger partial charge in [0.1, 0.15) is 0 Å². The second kappa shape index (κ2) is 4.92. The maximum atomic E-state index is 11.3. The lowest BCUT2D eigenvalue weighted by Gasteiger charge is -2.18. The first kappa shape index (κ1) is 13.8. The molecule has 90 valence electrons. The summed E-state index contributed by atoms with van der Waals surface area (Å²) in [4.78, 5) is 0. The summed E-state index contributed by atoms with van der Waals surface area (Å²) in [6, 6.07) is 4.55. The third-order valence-electron chi connectivity index (χ3n) is 2.40. The first-order valence-electron chi connectivity index (χ1n) is 4.55. The first-order valence-corrected chi connectivity index (χ1v) is 7.26. The van der Waals surface area contributed by atoms with Crippen LogP contribution in [0.25, 0.3) is 0 Å². The average molecular weight is 283 g/mol. The molecule has 0 fully saturated rings. The number of sulfone groups is 1. The van der Waals surface area contributed by atoms with Gasteiger partial charge in [0.15, 0.2) is 9.84 Å². The van der Waals surface area contributed by atoms with Gasteiger partial charge in [-0.05, 0) is 19.1 Å². The van der Waals surface area contributed by atoms with E-state index in [0.717, 1.165) is 6.26 Å². The Morgan fingerprint density at radius 2 is 1.88 bits per heavy atom. The van der Waals surface area contributed by atoms with Crippen LogP contribution in [0.5, 0.6) is 0 Å². The van der Waals surface area contributed by atoms with Gasteiger partial charge in [0.05, 0.1) is 11.4 Å². The van der Waals surface area contributed by atoms with E-state index in [0.29, 0.717) is 10.6 Å². The zero-order valence-electron chi connectivity index (χ0n) is 8.81. The molecule has 1 rings (SSSR count). The SMILES string of the molecule is C[C@@H]([C@@H](O)c1ccc(Cl)cc1Cl)S(C)(=O)=O. The normalized spacial score (nSPS) is 15.8. The van der Waals surface area contributed by atoms with Crippen LogP contribution in [-0.2, 0) is 9.84 Å². The van der Waals surface area contributed by atoms with Gasteiger partial charge in [-0.25, -0.2) is 8.42 Å². The van der Waals surface area contributed by atoms with Crippen LogP contribution in [-0.4, -0.2) is 25.0 Å². The van der Waals surface area contributed by atoms with Crippen molar-refractivity contribution in [3.05, 3.63) is 33.8 Å². The Morgan fingerprint density at radius 3 is 2.31 bits per heavy atom. The lowest BCUT2D eigenvalue weighted by Crippen LogP contribution is -2.24. The van der Waals surface area contributed by atoms with E-state index in [2.05, 4.69) is 0 Å². The van der Waals surface area contributed by atoms with Gasteiger partial charge >= 0.3 is 0 Å². The van der Waals surface area contributed by atoms with Crippen LogP contribution < -0.4 is 0 Å². The summed E-state index contributed by atoms with van der Waals surface area (Å²) in [5, 5.41) is 9.68. The topological polar surface area (TPSA) is 54.4 Å². The fourth-order valence-corrected chi connectivity index (χ4v) is 2.36. The molecule has 1 aromatic carbocycles. The zero-order valence-corrected chi connectivity index (χ0v) is 11.1. The number of hydrogen-bond acceptors (Lipinski definition) is 3. The molecule has 0 aromatic heterocycles. The van der Waals surface area contributed by atoms with Crippen LogP contribution in [0.3, 0.4) is 0 Å². The highest BCUT2D eigenvalue weighted by atomic mass is 35.5. The number of aliphatic hydroxyl groups excluding tert-OH is 1. The van der Waals surface area contributed by atoms with Gasteiger partial charge in [-0.1, -0.05) is 29.3 Å². The van der Waals surface area contributed by atoms with Crippen molar-refractivity contribution in [1.82, 2.24) is 0 Å². The third-order valence-corrected chi connectivity index (χ3v) is 4.57. The highest BCUT2D eigenvalue weighted by Gasteiger charge is 2.26. The Kier molecular flexibility index (Phi) is 4.23. The van der Waals surface area contributed by atoms with E-state index < -0.39 is 21.2 Å². The Morgan fingerprint density at radius 1 is 1.31 bits per heavy atom. The average Bonchev–Trinajstić information content (AvgIpc) is 2.14. The molecule has 0 aliphatic rings. The molecular formula is C10H12Cl2O3S. The van der Waals surface area contributed by atoms with Crippen LogP contribution in [0.4, 0.5) is 0 Å². The molecule has 0 radical (unpaired) electrons. The summed E-state index contributed by atoms with van der Waals surface area (Å²) in [6.45, 7) is 1.44. The lowest BCUT2D eigenvalue weighted by atomic mass is 10.1. The van der Waals surface area contributed by atoms with E-state index in [4.69, 9.17) is 23.2 Å². The molecule has 2 atom stereocenters. The Labute approximate surface area is 105 Å². The Bertz CT molecular complexity index is 485. The molecule has 3 nitrogen and oxygen atoms in total. The van der Waals surface area contributed by atoms with Crippen LogP contribution in [0, 0.1) is 0 Å². The van der Waals surface area contributed by atoms with Gasteiger partial charge in [0, 0.05) is 21.9 Å². The van der Waals surface area contributed by atoms with Gasteiger partial charge in [0.2, 0.25) is 0 Å². The van der Waals surface area contributed by atoms with Crippen molar-refractivity contribution < 1.29 is 13.5 Å². The molecule has 1 aromatic rings. The quantitative estimate of drug-likeness (QED) is 0.927. The molecule has 16 heavy (non-hydrogen) atoms. The summed E-state index contributed by atoms with van der Waals surface area (Å²) in [6.07, 6.45) is -0.0789. The van der Waals surface area contributed by atoms with Crippen molar-refractivity contribution >= 4 is 33.0 Å². The molecule has 0 bridgehead atoms. The fraction of sp³-hybridized carbons (Fsp3) is 0.400. The molecule has 0 amide bonds. The predicted molar refractivity (Wildman–Crippen MR) is 65.7 cm³/mol. The second-order valence-electron chi connectivity index (χ2n) is 3.65. The molecular weight excluding hydrogens is 271 g/mol. The number of halogens is 2. The van der Waals surface area contributed by atoms with E-state index in [-0.39, 0.29) is 5.02 Å². The van der Waals surface area contributed by atoms with E-state index in [1.807, 2.05) is 0 Å². The van der Waals surface area contributed by atoms with Crippen LogP contribution in [0.15, 0.2) is 18.2 Å². The summed E-state index contributed by atoms with van der Waals surface area (Å²) < 4.78 is 22.6. The van der Waals surface area contributed by atoms with Gasteiger partial charge in [-0.15, -0.1) is 0 Å². The monoisotopic (exact) mass is 282 g/mol. The third kappa shape index (κ3) is 3.10. The van der Waals surface area contributed by atoms with Crippen molar-refractivity contribution in [2.45, 2.75) is 18.3 Å². The van der Waals surface area contributed by atoms with E-state index in [9.17, 15) is 13.5 Å². The molecule has 0 unspecified atom stereocenters. The Hall–Kier alpha value is -0.290. The van der Waals surface area contributed by atoms with Crippen molar-refractivity contribution in [3.63, 3.8) is 0 Å². The fourth-order valence-electron chi connectivity index (χ4n) is 1.23. The number of hydrogen-bond donors (Lipinski definition) is 1. The van der Waals surface area contributed by atoms with Gasteiger partial charge in [0.25, 0.3) is 0 Å². The molecule has 0 heterocycles. The highest BCUT2D eigenvalue weighted by Crippen LogP contribution is 2.29. The summed E-state index contributed by atoms with van der Waals surface area (Å²) in [7, 11) is -3.32. The van der Waals surface area contributed by atoms with Crippen LogP contribution in [0.2, 0.25) is 10.0 Å². The molecule has 0 aliphatic carbocycles. The molecule has 1 N–H and O–H groups in total. The van der Waals surface area contributed by atoms with Crippen molar-refractivity contribution in [2.24, 2.45) is 0 Å². The summed E-state index contributed by atoms with van der Waals surface area (Å²) in [5.74, 6) is 0. The molecule has 0 saturated heterocycles. The zero-order chi connectivity index (χ0) is 12.5. The van der Waals surface area contributed by atoms with Gasteiger partial charge in [-0.3, -0.25) is 0 Å². The smallest absolute Gasteiger partial charge is 0.152 e. The lowest BCUT2D eigenvalue weighted by molar-refractivity contribution is 0.176. The molecule has 0 saturated carbocycles. The van der Waals surface area contributed by atoms with E-state index in [1.165, 1.54) is 19.1 Å².